The van der Waals surface area contributed by atoms with Gasteiger partial charge in [-0.15, -0.1) is 0 Å². The number of rotatable bonds is 4. The van der Waals surface area contributed by atoms with Crippen LogP contribution in [-0.2, 0) is 9.59 Å². The molecule has 0 saturated carbocycles. The summed E-state index contributed by atoms with van der Waals surface area (Å²) in [5, 5.41) is 9.35. The van der Waals surface area contributed by atoms with Gasteiger partial charge in [-0.1, -0.05) is 11.6 Å². The summed E-state index contributed by atoms with van der Waals surface area (Å²) in [5.41, 5.74) is 1.21. The largest absolute Gasteiger partial charge is 0.481 e. The molecule has 2 heterocycles. The van der Waals surface area contributed by atoms with Gasteiger partial charge in [0, 0.05) is 24.0 Å². The Morgan fingerprint density at radius 1 is 1.29 bits per heavy atom. The van der Waals surface area contributed by atoms with Crippen LogP contribution in [0.5, 0.6) is 5.75 Å². The zero-order valence-electron chi connectivity index (χ0n) is 12.5. The second-order valence-electron chi connectivity index (χ2n) is 5.10. The highest BCUT2D eigenvalue weighted by Gasteiger charge is 2.30. The van der Waals surface area contributed by atoms with E-state index in [9.17, 15) is 9.59 Å². The van der Waals surface area contributed by atoms with Crippen LogP contribution < -0.4 is 9.64 Å². The molecule has 0 radical (unpaired) electrons. The first kappa shape index (κ1) is 16.0. The summed E-state index contributed by atoms with van der Waals surface area (Å²) in [6, 6.07) is 8.36. The summed E-state index contributed by atoms with van der Waals surface area (Å²) in [5.74, 6) is -0.841. The Morgan fingerprint density at radius 2 is 2.04 bits per heavy atom. The Balaban J connectivity index is 2.00. The second kappa shape index (κ2) is 6.72. The van der Waals surface area contributed by atoms with Gasteiger partial charge in [-0.2, -0.15) is 0 Å². The first-order chi connectivity index (χ1) is 11.5. The number of aliphatic carboxylic acids is 1. The SMILES string of the molecule is O=C(O)CCN1C(=O)/C(=C\c2ccncc2)Oc2ccc(Cl)cc21. The summed E-state index contributed by atoms with van der Waals surface area (Å²) in [4.78, 5) is 28.9. The van der Waals surface area contributed by atoms with E-state index in [-0.39, 0.29) is 18.7 Å². The molecule has 0 aliphatic carbocycles. The molecule has 2 aromatic rings. The molecule has 0 unspecified atom stereocenters. The smallest absolute Gasteiger partial charge is 0.305 e. The van der Waals surface area contributed by atoms with Crippen LogP contribution in [0.15, 0.2) is 48.5 Å². The van der Waals surface area contributed by atoms with Crippen molar-refractivity contribution in [3.63, 3.8) is 0 Å². The highest BCUT2D eigenvalue weighted by atomic mass is 35.5. The van der Waals surface area contributed by atoms with Gasteiger partial charge in [-0.05, 0) is 42.0 Å². The molecule has 1 amide bonds. The Bertz CT molecular complexity index is 821. The zero-order valence-corrected chi connectivity index (χ0v) is 13.2. The van der Waals surface area contributed by atoms with Crippen molar-refractivity contribution in [2.24, 2.45) is 0 Å². The van der Waals surface area contributed by atoms with Crippen LogP contribution in [-0.4, -0.2) is 28.5 Å². The van der Waals surface area contributed by atoms with Gasteiger partial charge in [-0.3, -0.25) is 14.6 Å². The predicted molar refractivity (Wildman–Crippen MR) is 88.9 cm³/mol. The van der Waals surface area contributed by atoms with Gasteiger partial charge >= 0.3 is 5.97 Å². The number of aromatic nitrogens is 1. The van der Waals surface area contributed by atoms with Crippen LogP contribution in [0, 0.1) is 0 Å². The molecule has 0 spiro atoms. The lowest BCUT2D eigenvalue weighted by Crippen LogP contribution is -2.38. The number of amides is 1. The van der Waals surface area contributed by atoms with Gasteiger partial charge in [0.2, 0.25) is 0 Å². The molecular formula is C17H13ClN2O4. The Morgan fingerprint density at radius 3 is 2.75 bits per heavy atom. The average molecular weight is 345 g/mol. The topological polar surface area (TPSA) is 79.7 Å². The molecule has 1 aliphatic rings. The molecule has 0 saturated heterocycles. The minimum atomic E-state index is -0.988. The molecule has 3 rings (SSSR count). The fourth-order valence-electron chi connectivity index (χ4n) is 2.32. The quantitative estimate of drug-likeness (QED) is 0.862. The third-order valence-electron chi connectivity index (χ3n) is 3.44. The molecule has 0 fully saturated rings. The fraction of sp³-hybridized carbons (Fsp3) is 0.118. The van der Waals surface area contributed by atoms with Crippen LogP contribution in [0.25, 0.3) is 6.08 Å². The van der Waals surface area contributed by atoms with E-state index in [1.165, 1.54) is 4.90 Å². The van der Waals surface area contributed by atoms with Crippen LogP contribution in [0.4, 0.5) is 5.69 Å². The van der Waals surface area contributed by atoms with E-state index >= 15 is 0 Å². The summed E-state index contributed by atoms with van der Waals surface area (Å²) >= 11 is 5.99. The van der Waals surface area contributed by atoms with E-state index in [1.54, 1.807) is 48.8 Å². The highest BCUT2D eigenvalue weighted by molar-refractivity contribution is 6.31. The molecule has 0 atom stereocenters. The number of ether oxygens (including phenoxy) is 1. The van der Waals surface area contributed by atoms with E-state index in [0.29, 0.717) is 16.5 Å². The lowest BCUT2D eigenvalue weighted by molar-refractivity contribution is -0.136. The second-order valence-corrected chi connectivity index (χ2v) is 5.54. The summed E-state index contributed by atoms with van der Waals surface area (Å²) in [6.45, 7) is 0.0263. The summed E-state index contributed by atoms with van der Waals surface area (Å²) in [7, 11) is 0. The van der Waals surface area contributed by atoms with Gasteiger partial charge in [-0.25, -0.2) is 0 Å². The van der Waals surface area contributed by atoms with Crippen molar-refractivity contribution in [1.29, 1.82) is 0 Å². The van der Waals surface area contributed by atoms with E-state index in [1.807, 2.05) is 0 Å². The average Bonchev–Trinajstić information content (AvgIpc) is 2.56. The number of nitrogens with zero attached hydrogens (tertiary/aromatic N) is 2. The number of carbonyl (C=O) groups excluding carboxylic acids is 1. The molecular weight excluding hydrogens is 332 g/mol. The van der Waals surface area contributed by atoms with Crippen molar-refractivity contribution < 1.29 is 19.4 Å². The Kier molecular flexibility index (Phi) is 4.48. The van der Waals surface area contributed by atoms with E-state index < -0.39 is 11.9 Å². The number of pyridine rings is 1. The van der Waals surface area contributed by atoms with Crippen LogP contribution in [0.2, 0.25) is 5.02 Å². The summed E-state index contributed by atoms with van der Waals surface area (Å²) < 4.78 is 5.68. The number of hydrogen-bond acceptors (Lipinski definition) is 4. The van der Waals surface area contributed by atoms with Crippen LogP contribution >= 0.6 is 11.6 Å². The maximum atomic E-state index is 12.7. The van der Waals surface area contributed by atoms with Crippen molar-refractivity contribution in [3.8, 4) is 5.75 Å². The number of anilines is 1. The number of benzene rings is 1. The third-order valence-corrected chi connectivity index (χ3v) is 3.68. The van der Waals surface area contributed by atoms with Crippen molar-refractivity contribution in [3.05, 3.63) is 59.1 Å². The van der Waals surface area contributed by atoms with Gasteiger partial charge in [0.25, 0.3) is 5.91 Å². The highest BCUT2D eigenvalue weighted by Crippen LogP contribution is 2.37. The molecule has 1 aliphatic heterocycles. The molecule has 6 nitrogen and oxygen atoms in total. The maximum absolute atomic E-state index is 12.7. The maximum Gasteiger partial charge on any atom is 0.305 e. The standard InChI is InChI=1S/C17H13ClN2O4/c18-12-1-2-14-13(10-12)20(8-5-16(21)22)17(23)15(24-14)9-11-3-6-19-7-4-11/h1-4,6-7,9-10H,5,8H2,(H,21,22)/b15-9+. The van der Waals surface area contributed by atoms with Gasteiger partial charge in [0.05, 0.1) is 12.1 Å². The third kappa shape index (κ3) is 3.38. The number of carbonyl (C=O) groups is 2. The molecule has 24 heavy (non-hydrogen) atoms. The predicted octanol–water partition coefficient (Wildman–Crippen LogP) is 2.98. The number of fused-ring (bicyclic) bond motifs is 1. The van der Waals surface area contributed by atoms with Gasteiger partial charge in [0.1, 0.15) is 0 Å². The van der Waals surface area contributed by atoms with Crippen molar-refractivity contribution >= 4 is 35.2 Å². The molecule has 122 valence electrons. The zero-order chi connectivity index (χ0) is 17.1. The number of carboxylic acid groups (broad SMARTS) is 1. The van der Waals surface area contributed by atoms with Gasteiger partial charge in [0.15, 0.2) is 11.5 Å². The van der Waals surface area contributed by atoms with E-state index in [2.05, 4.69) is 4.98 Å². The monoisotopic (exact) mass is 344 g/mol. The Labute approximate surface area is 142 Å². The fourth-order valence-corrected chi connectivity index (χ4v) is 2.49. The first-order valence-electron chi connectivity index (χ1n) is 7.17. The first-order valence-corrected chi connectivity index (χ1v) is 7.55. The van der Waals surface area contributed by atoms with Crippen molar-refractivity contribution in [1.82, 2.24) is 4.98 Å². The number of hydrogen-bond donors (Lipinski definition) is 1. The van der Waals surface area contributed by atoms with Crippen LogP contribution in [0.3, 0.4) is 0 Å². The number of carboxylic acids is 1. The van der Waals surface area contributed by atoms with Crippen molar-refractivity contribution in [2.45, 2.75) is 6.42 Å². The minimum Gasteiger partial charge on any atom is -0.481 e. The molecule has 1 aromatic carbocycles. The number of halogens is 1. The Hall–Kier alpha value is -2.86. The molecule has 0 bridgehead atoms. The summed E-state index contributed by atoms with van der Waals surface area (Å²) in [6.07, 6.45) is 4.63. The minimum absolute atomic E-state index is 0.0263. The van der Waals surface area contributed by atoms with Crippen LogP contribution in [0.1, 0.15) is 12.0 Å². The molecule has 1 aromatic heterocycles. The molecule has 7 heteroatoms. The van der Waals surface area contributed by atoms with Crippen molar-refractivity contribution in [2.75, 3.05) is 11.4 Å². The lowest BCUT2D eigenvalue weighted by atomic mass is 10.1. The lowest BCUT2D eigenvalue weighted by Gasteiger charge is -2.30. The van der Waals surface area contributed by atoms with Gasteiger partial charge < -0.3 is 14.7 Å². The van der Waals surface area contributed by atoms with E-state index in [0.717, 1.165) is 5.56 Å². The molecule has 1 N–H and O–H groups in total. The normalized spacial score (nSPS) is 15.1. The van der Waals surface area contributed by atoms with E-state index in [4.69, 9.17) is 21.4 Å².